The fraction of sp³-hybridized carbons (Fsp3) is 0.0667. The lowest BCUT2D eigenvalue weighted by atomic mass is 10.1. The van der Waals surface area contributed by atoms with E-state index in [9.17, 15) is 5.26 Å². The first-order valence-corrected chi connectivity index (χ1v) is 6.15. The van der Waals surface area contributed by atoms with E-state index >= 15 is 0 Å². The number of pyridine rings is 1. The van der Waals surface area contributed by atoms with Gasteiger partial charge in [0, 0.05) is 11.6 Å². The Morgan fingerprint density at radius 2 is 2.10 bits per heavy atom. The average molecular weight is 261 g/mol. The smallest absolute Gasteiger partial charge is 0.128 e. The Bertz CT molecular complexity index is 777. The number of fused-ring (bicyclic) bond motifs is 1. The molecule has 0 amide bonds. The molecule has 3 aromatic rings. The van der Waals surface area contributed by atoms with E-state index in [1.807, 2.05) is 30.3 Å². The highest BCUT2D eigenvalue weighted by atomic mass is 15.0. The summed E-state index contributed by atoms with van der Waals surface area (Å²) < 4.78 is 0. The summed E-state index contributed by atoms with van der Waals surface area (Å²) in [7, 11) is 0. The number of nitrogens with one attached hydrogen (secondary N) is 1. The predicted octanol–water partition coefficient (Wildman–Crippen LogP) is 2.51. The molecule has 0 fully saturated rings. The van der Waals surface area contributed by atoms with Gasteiger partial charge in [-0.2, -0.15) is 5.26 Å². The van der Waals surface area contributed by atoms with Crippen LogP contribution in [0.2, 0.25) is 0 Å². The summed E-state index contributed by atoms with van der Waals surface area (Å²) in [6, 6.07) is 13.4. The van der Waals surface area contributed by atoms with Crippen LogP contribution in [-0.2, 0) is 6.54 Å². The van der Waals surface area contributed by atoms with Crippen molar-refractivity contribution in [1.82, 2.24) is 15.0 Å². The molecule has 0 atom stereocenters. The number of hydrogen-bond donors (Lipinski definition) is 1. The number of benzene rings is 1. The maximum Gasteiger partial charge on any atom is 0.128 e. The number of nitrogens with zero attached hydrogens (tertiary/aromatic N) is 4. The molecule has 0 radical (unpaired) electrons. The highest BCUT2D eigenvalue weighted by Gasteiger charge is 2.05. The molecular formula is C15H11N5. The summed E-state index contributed by atoms with van der Waals surface area (Å²) in [5, 5.41) is 13.3. The molecule has 0 bridgehead atoms. The zero-order valence-electron chi connectivity index (χ0n) is 10.6. The molecule has 2 aromatic heterocycles. The third kappa shape index (κ3) is 2.40. The van der Waals surface area contributed by atoms with Crippen molar-refractivity contribution in [2.75, 3.05) is 5.32 Å². The van der Waals surface area contributed by atoms with Gasteiger partial charge in [-0.05, 0) is 18.2 Å². The first kappa shape index (κ1) is 12.1. The van der Waals surface area contributed by atoms with Crippen molar-refractivity contribution in [3.63, 3.8) is 0 Å². The van der Waals surface area contributed by atoms with Gasteiger partial charge in [0.1, 0.15) is 12.1 Å². The Hall–Kier alpha value is -3.00. The van der Waals surface area contributed by atoms with Crippen molar-refractivity contribution < 1.29 is 0 Å². The molecule has 0 unspecified atom stereocenters. The molecule has 0 aliphatic carbocycles. The van der Waals surface area contributed by atoms with Crippen LogP contribution in [0.4, 0.5) is 5.82 Å². The first-order valence-electron chi connectivity index (χ1n) is 6.15. The molecule has 0 spiro atoms. The maximum absolute atomic E-state index is 9.22. The van der Waals surface area contributed by atoms with Crippen LogP contribution in [0, 0.1) is 11.3 Å². The quantitative estimate of drug-likeness (QED) is 0.784. The minimum atomic E-state index is 0.540. The van der Waals surface area contributed by atoms with E-state index in [0.717, 1.165) is 16.6 Å². The van der Waals surface area contributed by atoms with Gasteiger partial charge in [0.15, 0.2) is 0 Å². The van der Waals surface area contributed by atoms with Gasteiger partial charge in [0.25, 0.3) is 0 Å². The van der Waals surface area contributed by atoms with Gasteiger partial charge < -0.3 is 5.32 Å². The van der Waals surface area contributed by atoms with E-state index in [2.05, 4.69) is 26.3 Å². The minimum Gasteiger partial charge on any atom is -0.364 e. The summed E-state index contributed by atoms with van der Waals surface area (Å²) in [6.07, 6.45) is 3.20. The molecule has 1 aromatic carbocycles. The van der Waals surface area contributed by atoms with Gasteiger partial charge >= 0.3 is 0 Å². The highest BCUT2D eigenvalue weighted by molar-refractivity contribution is 5.86. The first-order chi connectivity index (χ1) is 9.86. The van der Waals surface area contributed by atoms with Crippen LogP contribution in [-0.4, -0.2) is 15.0 Å². The van der Waals surface area contributed by atoms with Crippen molar-refractivity contribution in [3.8, 4) is 6.07 Å². The minimum absolute atomic E-state index is 0.540. The van der Waals surface area contributed by atoms with Gasteiger partial charge in [-0.25, -0.2) is 15.0 Å². The lowest BCUT2D eigenvalue weighted by Gasteiger charge is -2.07. The number of aromatic nitrogens is 3. The van der Waals surface area contributed by atoms with E-state index in [1.165, 1.54) is 6.33 Å². The summed E-state index contributed by atoms with van der Waals surface area (Å²) in [5.41, 5.74) is 2.28. The second-order valence-corrected chi connectivity index (χ2v) is 4.24. The van der Waals surface area contributed by atoms with Gasteiger partial charge in [-0.3, -0.25) is 0 Å². The highest BCUT2D eigenvalue weighted by Crippen LogP contribution is 2.20. The fourth-order valence-electron chi connectivity index (χ4n) is 1.96. The van der Waals surface area contributed by atoms with Crippen LogP contribution in [0.15, 0.2) is 48.9 Å². The SMILES string of the molecule is N#Cc1cc(NCc2ccncn2)nc2ccccc12. The van der Waals surface area contributed by atoms with Gasteiger partial charge in [-0.1, -0.05) is 18.2 Å². The van der Waals surface area contributed by atoms with Crippen LogP contribution in [0.5, 0.6) is 0 Å². The standard InChI is InChI=1S/C15H11N5/c16-8-11-7-15(18-9-12-5-6-17-10-19-12)20-14-4-2-1-3-13(11)14/h1-7,10H,9H2,(H,18,20). The third-order valence-electron chi connectivity index (χ3n) is 2.93. The molecule has 96 valence electrons. The van der Waals surface area contributed by atoms with Crippen molar-refractivity contribution >= 4 is 16.7 Å². The molecule has 5 heteroatoms. The Morgan fingerprint density at radius 1 is 1.20 bits per heavy atom. The normalized spacial score (nSPS) is 10.2. The van der Waals surface area contributed by atoms with Crippen molar-refractivity contribution in [3.05, 3.63) is 60.2 Å². The van der Waals surface area contributed by atoms with Crippen molar-refractivity contribution in [2.24, 2.45) is 0 Å². The Balaban J connectivity index is 1.91. The largest absolute Gasteiger partial charge is 0.364 e. The van der Waals surface area contributed by atoms with Gasteiger partial charge in [0.05, 0.1) is 29.4 Å². The topological polar surface area (TPSA) is 74.5 Å². The third-order valence-corrected chi connectivity index (χ3v) is 2.93. The van der Waals surface area contributed by atoms with Crippen LogP contribution < -0.4 is 5.32 Å². The van der Waals surface area contributed by atoms with E-state index in [-0.39, 0.29) is 0 Å². The zero-order chi connectivity index (χ0) is 13.8. The molecule has 0 aliphatic heterocycles. The predicted molar refractivity (Wildman–Crippen MR) is 75.8 cm³/mol. The monoisotopic (exact) mass is 261 g/mol. The summed E-state index contributed by atoms with van der Waals surface area (Å²) in [4.78, 5) is 12.5. The average Bonchev–Trinajstić information content (AvgIpc) is 2.53. The molecular weight excluding hydrogens is 250 g/mol. The lowest BCUT2D eigenvalue weighted by molar-refractivity contribution is 0.998. The number of nitriles is 1. The molecule has 0 aliphatic rings. The summed E-state index contributed by atoms with van der Waals surface area (Å²) in [6.45, 7) is 0.540. The molecule has 3 rings (SSSR count). The summed E-state index contributed by atoms with van der Waals surface area (Å²) >= 11 is 0. The number of anilines is 1. The maximum atomic E-state index is 9.22. The molecule has 5 nitrogen and oxygen atoms in total. The molecule has 0 saturated heterocycles. The fourth-order valence-corrected chi connectivity index (χ4v) is 1.96. The number of para-hydroxylation sites is 1. The second-order valence-electron chi connectivity index (χ2n) is 4.24. The van der Waals surface area contributed by atoms with Crippen LogP contribution in [0.25, 0.3) is 10.9 Å². The molecule has 1 N–H and O–H groups in total. The zero-order valence-corrected chi connectivity index (χ0v) is 10.6. The molecule has 0 saturated carbocycles. The van der Waals surface area contributed by atoms with E-state index < -0.39 is 0 Å². The lowest BCUT2D eigenvalue weighted by Crippen LogP contribution is -2.03. The Morgan fingerprint density at radius 3 is 2.90 bits per heavy atom. The molecule has 20 heavy (non-hydrogen) atoms. The van der Waals surface area contributed by atoms with E-state index in [0.29, 0.717) is 17.9 Å². The molecule has 2 heterocycles. The van der Waals surface area contributed by atoms with Crippen LogP contribution >= 0.6 is 0 Å². The number of hydrogen-bond acceptors (Lipinski definition) is 5. The van der Waals surface area contributed by atoms with E-state index in [4.69, 9.17) is 0 Å². The van der Waals surface area contributed by atoms with Crippen LogP contribution in [0.1, 0.15) is 11.3 Å². The Labute approximate surface area is 116 Å². The second kappa shape index (κ2) is 5.33. The van der Waals surface area contributed by atoms with Gasteiger partial charge in [-0.15, -0.1) is 0 Å². The Kier molecular flexibility index (Phi) is 3.21. The number of rotatable bonds is 3. The summed E-state index contributed by atoms with van der Waals surface area (Å²) in [5.74, 6) is 0.666. The van der Waals surface area contributed by atoms with Gasteiger partial charge in [0.2, 0.25) is 0 Å². The van der Waals surface area contributed by atoms with Crippen molar-refractivity contribution in [1.29, 1.82) is 5.26 Å². The van der Waals surface area contributed by atoms with Crippen molar-refractivity contribution in [2.45, 2.75) is 6.54 Å². The van der Waals surface area contributed by atoms with E-state index in [1.54, 1.807) is 12.3 Å². The van der Waals surface area contributed by atoms with Crippen LogP contribution in [0.3, 0.4) is 0 Å².